The molecule has 1 amide bonds. The van der Waals surface area contributed by atoms with Gasteiger partial charge in [0.1, 0.15) is 11.4 Å². The van der Waals surface area contributed by atoms with Gasteiger partial charge >= 0.3 is 5.97 Å². The van der Waals surface area contributed by atoms with Crippen molar-refractivity contribution in [1.82, 2.24) is 9.55 Å². The third kappa shape index (κ3) is 3.77. The van der Waals surface area contributed by atoms with Gasteiger partial charge in [-0.1, -0.05) is 6.07 Å². The number of hydrogen-bond donors (Lipinski definition) is 1. The maximum absolute atomic E-state index is 13.0. The fourth-order valence-corrected chi connectivity index (χ4v) is 4.81. The molecule has 0 saturated heterocycles. The van der Waals surface area contributed by atoms with E-state index >= 15 is 0 Å². The van der Waals surface area contributed by atoms with E-state index in [1.807, 2.05) is 22.9 Å². The number of esters is 1. The molecule has 0 aliphatic rings. The van der Waals surface area contributed by atoms with E-state index in [1.54, 1.807) is 36.5 Å². The standard InChI is InChI=1S/C21H17N3O4S2/c1-12-8-13(21(27)28-2)5-6-15(12)23-17(25)9-24-11-22-19-18(20(24)26)14(10-30-19)16-4-3-7-29-16/h3-8,10-11H,9H2,1-2H3,(H,23,25). The summed E-state index contributed by atoms with van der Waals surface area (Å²) in [6, 6.07) is 8.74. The molecule has 1 N–H and O–H groups in total. The van der Waals surface area contributed by atoms with Crippen LogP contribution in [0.4, 0.5) is 5.69 Å². The minimum atomic E-state index is -0.445. The fraction of sp³-hybridized carbons (Fsp3) is 0.143. The summed E-state index contributed by atoms with van der Waals surface area (Å²) in [5, 5.41) is 7.18. The Labute approximate surface area is 179 Å². The average Bonchev–Trinajstić information content (AvgIpc) is 3.40. The molecule has 4 aromatic rings. The van der Waals surface area contributed by atoms with Gasteiger partial charge in [-0.3, -0.25) is 14.2 Å². The summed E-state index contributed by atoms with van der Waals surface area (Å²) in [4.78, 5) is 43.2. The van der Waals surface area contributed by atoms with E-state index in [2.05, 4.69) is 10.3 Å². The third-order valence-electron chi connectivity index (χ3n) is 4.58. The van der Waals surface area contributed by atoms with Crippen LogP contribution in [-0.4, -0.2) is 28.5 Å². The molecular weight excluding hydrogens is 422 g/mol. The maximum atomic E-state index is 13.0. The lowest BCUT2D eigenvalue weighted by Crippen LogP contribution is -2.28. The normalized spacial score (nSPS) is 10.9. The Morgan fingerprint density at radius 2 is 2.07 bits per heavy atom. The number of benzene rings is 1. The average molecular weight is 440 g/mol. The summed E-state index contributed by atoms with van der Waals surface area (Å²) in [5.74, 6) is -0.806. The molecule has 0 atom stereocenters. The minimum absolute atomic E-state index is 0.167. The highest BCUT2D eigenvalue weighted by atomic mass is 32.1. The number of fused-ring (bicyclic) bond motifs is 1. The van der Waals surface area contributed by atoms with Gasteiger partial charge in [-0.2, -0.15) is 0 Å². The number of methoxy groups -OCH3 is 1. The second kappa shape index (κ2) is 8.21. The van der Waals surface area contributed by atoms with Gasteiger partial charge in [-0.25, -0.2) is 9.78 Å². The van der Waals surface area contributed by atoms with E-state index in [1.165, 1.54) is 29.3 Å². The summed E-state index contributed by atoms with van der Waals surface area (Å²) >= 11 is 2.96. The predicted octanol–water partition coefficient (Wildman–Crippen LogP) is 3.92. The van der Waals surface area contributed by atoms with Gasteiger partial charge in [-0.15, -0.1) is 22.7 Å². The Morgan fingerprint density at radius 1 is 1.23 bits per heavy atom. The first-order chi connectivity index (χ1) is 14.5. The lowest BCUT2D eigenvalue weighted by molar-refractivity contribution is -0.116. The van der Waals surface area contributed by atoms with Crippen molar-refractivity contribution >= 4 is 50.5 Å². The molecule has 9 heteroatoms. The highest BCUT2D eigenvalue weighted by Crippen LogP contribution is 2.33. The molecule has 0 unspecified atom stereocenters. The number of rotatable bonds is 5. The first-order valence-electron chi connectivity index (χ1n) is 8.97. The number of ether oxygens (including phenoxy) is 1. The molecular formula is C21H17N3O4S2. The van der Waals surface area contributed by atoms with E-state index in [9.17, 15) is 14.4 Å². The summed E-state index contributed by atoms with van der Waals surface area (Å²) in [6.07, 6.45) is 1.39. The molecule has 4 rings (SSSR count). The molecule has 152 valence electrons. The molecule has 0 spiro atoms. The van der Waals surface area contributed by atoms with Crippen LogP contribution in [0, 0.1) is 6.92 Å². The fourth-order valence-electron chi connectivity index (χ4n) is 3.09. The van der Waals surface area contributed by atoms with Gasteiger partial charge in [0.15, 0.2) is 0 Å². The van der Waals surface area contributed by atoms with Crippen LogP contribution in [0.5, 0.6) is 0 Å². The number of anilines is 1. The van der Waals surface area contributed by atoms with Crippen molar-refractivity contribution in [1.29, 1.82) is 0 Å². The third-order valence-corrected chi connectivity index (χ3v) is 6.37. The number of carbonyl (C=O) groups excluding carboxylic acids is 2. The number of hydrogen-bond acceptors (Lipinski definition) is 7. The highest BCUT2D eigenvalue weighted by Gasteiger charge is 2.16. The summed E-state index contributed by atoms with van der Waals surface area (Å²) in [6.45, 7) is 1.61. The number of aromatic nitrogens is 2. The number of amides is 1. The summed E-state index contributed by atoms with van der Waals surface area (Å²) in [5.41, 5.74) is 2.26. The Bertz CT molecular complexity index is 1310. The van der Waals surface area contributed by atoms with Crippen LogP contribution in [0.1, 0.15) is 15.9 Å². The lowest BCUT2D eigenvalue weighted by Gasteiger charge is -2.11. The monoisotopic (exact) mass is 439 g/mol. The molecule has 1 aromatic carbocycles. The number of carbonyl (C=O) groups is 2. The van der Waals surface area contributed by atoms with E-state index in [4.69, 9.17) is 4.74 Å². The SMILES string of the molecule is COC(=O)c1ccc(NC(=O)Cn2cnc3scc(-c4cccs4)c3c2=O)c(C)c1. The van der Waals surface area contributed by atoms with E-state index in [-0.39, 0.29) is 18.0 Å². The predicted molar refractivity (Wildman–Crippen MR) is 118 cm³/mol. The van der Waals surface area contributed by atoms with Crippen molar-refractivity contribution in [3.63, 3.8) is 0 Å². The van der Waals surface area contributed by atoms with Gasteiger partial charge in [0.25, 0.3) is 5.56 Å². The zero-order valence-corrected chi connectivity index (χ0v) is 17.8. The second-order valence-electron chi connectivity index (χ2n) is 6.55. The summed E-state index contributed by atoms with van der Waals surface area (Å²) in [7, 11) is 1.31. The molecule has 0 saturated carbocycles. The van der Waals surface area contributed by atoms with E-state index in [0.29, 0.717) is 27.0 Å². The zero-order valence-electron chi connectivity index (χ0n) is 16.2. The number of nitrogens with one attached hydrogen (secondary N) is 1. The quantitative estimate of drug-likeness (QED) is 0.476. The van der Waals surface area contributed by atoms with Crippen molar-refractivity contribution in [3.8, 4) is 10.4 Å². The topological polar surface area (TPSA) is 90.3 Å². The molecule has 0 fully saturated rings. The molecule has 0 aliphatic heterocycles. The van der Waals surface area contributed by atoms with Crippen LogP contribution in [-0.2, 0) is 16.1 Å². The van der Waals surface area contributed by atoms with Crippen molar-refractivity contribution in [3.05, 3.63) is 68.9 Å². The lowest BCUT2D eigenvalue weighted by atomic mass is 10.1. The summed E-state index contributed by atoms with van der Waals surface area (Å²) < 4.78 is 6.00. The molecule has 0 bridgehead atoms. The maximum Gasteiger partial charge on any atom is 0.337 e. The first kappa shape index (κ1) is 20.0. The first-order valence-corrected chi connectivity index (χ1v) is 10.7. The van der Waals surface area contributed by atoms with Crippen molar-refractivity contribution in [2.45, 2.75) is 13.5 Å². The Hall–Kier alpha value is -3.30. The van der Waals surface area contributed by atoms with Gasteiger partial charge in [0.05, 0.1) is 24.4 Å². The number of thiophene rings is 2. The van der Waals surface area contributed by atoms with Gasteiger partial charge in [-0.05, 0) is 42.1 Å². The second-order valence-corrected chi connectivity index (χ2v) is 8.36. The largest absolute Gasteiger partial charge is 0.465 e. The zero-order chi connectivity index (χ0) is 21.3. The van der Waals surface area contributed by atoms with Crippen LogP contribution in [0.25, 0.3) is 20.7 Å². The van der Waals surface area contributed by atoms with Crippen LogP contribution in [0.2, 0.25) is 0 Å². The molecule has 0 radical (unpaired) electrons. The van der Waals surface area contributed by atoms with Crippen molar-refractivity contribution in [2.24, 2.45) is 0 Å². The van der Waals surface area contributed by atoms with Crippen LogP contribution in [0.15, 0.2) is 52.2 Å². The van der Waals surface area contributed by atoms with E-state index < -0.39 is 5.97 Å². The van der Waals surface area contributed by atoms with Gasteiger partial charge < -0.3 is 10.1 Å². The highest BCUT2D eigenvalue weighted by molar-refractivity contribution is 7.18. The van der Waals surface area contributed by atoms with E-state index in [0.717, 1.165) is 10.4 Å². The molecule has 7 nitrogen and oxygen atoms in total. The van der Waals surface area contributed by atoms with Crippen LogP contribution < -0.4 is 10.9 Å². The minimum Gasteiger partial charge on any atom is -0.465 e. The van der Waals surface area contributed by atoms with Crippen molar-refractivity contribution < 1.29 is 14.3 Å². The number of aryl methyl sites for hydroxylation is 1. The molecule has 30 heavy (non-hydrogen) atoms. The molecule has 3 heterocycles. The van der Waals surface area contributed by atoms with Crippen LogP contribution >= 0.6 is 22.7 Å². The Kier molecular flexibility index (Phi) is 5.47. The number of nitrogens with zero attached hydrogens (tertiary/aromatic N) is 2. The Balaban J connectivity index is 1.58. The van der Waals surface area contributed by atoms with Gasteiger partial charge in [0.2, 0.25) is 5.91 Å². The van der Waals surface area contributed by atoms with Crippen LogP contribution in [0.3, 0.4) is 0 Å². The molecule has 3 aromatic heterocycles. The smallest absolute Gasteiger partial charge is 0.337 e. The Morgan fingerprint density at radius 3 is 2.77 bits per heavy atom. The molecule has 0 aliphatic carbocycles. The van der Waals surface area contributed by atoms with Crippen molar-refractivity contribution in [2.75, 3.05) is 12.4 Å². The van der Waals surface area contributed by atoms with Gasteiger partial charge in [0, 0.05) is 21.5 Å².